The van der Waals surface area contributed by atoms with Gasteiger partial charge in [0.15, 0.2) is 11.5 Å². The summed E-state index contributed by atoms with van der Waals surface area (Å²) < 4.78 is 10.4. The van der Waals surface area contributed by atoms with E-state index in [2.05, 4.69) is 10.3 Å². The average molecular weight is 321 g/mol. The number of carbonyl (C=O) groups excluding carboxylic acids is 1. The molecule has 0 bridgehead atoms. The fraction of sp³-hybridized carbons (Fsp3) is 0.333. The zero-order valence-corrected chi connectivity index (χ0v) is 13.6. The van der Waals surface area contributed by atoms with Gasteiger partial charge in [0, 0.05) is 11.9 Å². The molecule has 0 spiro atoms. The van der Waals surface area contributed by atoms with Crippen LogP contribution in [0.2, 0.25) is 0 Å². The molecule has 1 atom stereocenters. The van der Waals surface area contributed by atoms with Crippen molar-refractivity contribution < 1.29 is 14.3 Å². The lowest BCUT2D eigenvalue weighted by Gasteiger charge is -2.10. The first-order chi connectivity index (χ1) is 10.5. The number of ether oxygens (including phenoxy) is 2. The first kappa shape index (κ1) is 16.3. The summed E-state index contributed by atoms with van der Waals surface area (Å²) in [6.45, 7) is 2.22. The number of nitrogens with zero attached hydrogens (tertiary/aromatic N) is 1. The van der Waals surface area contributed by atoms with Crippen molar-refractivity contribution in [2.24, 2.45) is 5.73 Å². The molecular weight excluding hydrogens is 302 g/mol. The number of benzene rings is 1. The summed E-state index contributed by atoms with van der Waals surface area (Å²) in [6.07, 6.45) is 0. The van der Waals surface area contributed by atoms with Gasteiger partial charge in [0.1, 0.15) is 10.7 Å². The Labute approximate surface area is 133 Å². The fourth-order valence-corrected chi connectivity index (χ4v) is 2.62. The highest BCUT2D eigenvalue weighted by Gasteiger charge is 2.13. The van der Waals surface area contributed by atoms with Crippen LogP contribution in [0.1, 0.15) is 34.0 Å². The van der Waals surface area contributed by atoms with E-state index >= 15 is 0 Å². The number of amides is 1. The molecule has 22 heavy (non-hydrogen) atoms. The molecule has 1 aromatic carbocycles. The van der Waals surface area contributed by atoms with E-state index in [1.807, 2.05) is 19.1 Å². The molecule has 0 aliphatic heterocycles. The minimum Gasteiger partial charge on any atom is -0.493 e. The molecule has 2 rings (SSSR count). The van der Waals surface area contributed by atoms with Gasteiger partial charge in [0.05, 0.1) is 20.3 Å². The lowest BCUT2D eigenvalue weighted by molar-refractivity contribution is 0.0946. The molecule has 2 aromatic rings. The Morgan fingerprint density at radius 1 is 1.36 bits per heavy atom. The molecule has 6 nitrogen and oxygen atoms in total. The van der Waals surface area contributed by atoms with E-state index in [9.17, 15) is 4.79 Å². The third-order valence-electron chi connectivity index (χ3n) is 3.05. The Morgan fingerprint density at radius 2 is 2.09 bits per heavy atom. The number of nitrogens with one attached hydrogen (secondary N) is 1. The number of methoxy groups -OCH3 is 2. The lowest BCUT2D eigenvalue weighted by Crippen LogP contribution is -2.23. The standard InChI is InChI=1S/C15H19N3O3S/c1-9(16)15-18-11(8-22-15)14(19)17-7-10-4-5-12(20-2)13(6-10)21-3/h4-6,8-9H,7,16H2,1-3H3,(H,17,19). The van der Waals surface area contributed by atoms with Crippen LogP contribution in [0.5, 0.6) is 11.5 Å². The summed E-state index contributed by atoms with van der Waals surface area (Å²) >= 11 is 1.39. The van der Waals surface area contributed by atoms with E-state index in [4.69, 9.17) is 15.2 Å². The maximum absolute atomic E-state index is 12.1. The lowest BCUT2D eigenvalue weighted by atomic mass is 10.2. The van der Waals surface area contributed by atoms with Crippen molar-refractivity contribution in [2.45, 2.75) is 19.5 Å². The first-order valence-corrected chi connectivity index (χ1v) is 7.63. The van der Waals surface area contributed by atoms with Gasteiger partial charge < -0.3 is 20.5 Å². The summed E-state index contributed by atoms with van der Waals surface area (Å²) in [5, 5.41) is 5.28. The van der Waals surface area contributed by atoms with Gasteiger partial charge in [-0.25, -0.2) is 4.98 Å². The normalized spacial score (nSPS) is 11.8. The van der Waals surface area contributed by atoms with Crippen LogP contribution in [0, 0.1) is 0 Å². The molecule has 0 aliphatic carbocycles. The highest BCUT2D eigenvalue weighted by Crippen LogP contribution is 2.27. The van der Waals surface area contributed by atoms with Crippen molar-refractivity contribution in [3.8, 4) is 11.5 Å². The van der Waals surface area contributed by atoms with Gasteiger partial charge in [-0.15, -0.1) is 11.3 Å². The van der Waals surface area contributed by atoms with Crippen molar-refractivity contribution in [2.75, 3.05) is 14.2 Å². The maximum Gasteiger partial charge on any atom is 0.271 e. The minimum absolute atomic E-state index is 0.169. The van der Waals surface area contributed by atoms with Gasteiger partial charge in [0.2, 0.25) is 0 Å². The van der Waals surface area contributed by atoms with Crippen LogP contribution < -0.4 is 20.5 Å². The van der Waals surface area contributed by atoms with Gasteiger partial charge in [-0.1, -0.05) is 6.07 Å². The fourth-order valence-electron chi connectivity index (χ4n) is 1.86. The van der Waals surface area contributed by atoms with Gasteiger partial charge in [-0.2, -0.15) is 0 Å². The first-order valence-electron chi connectivity index (χ1n) is 6.75. The van der Waals surface area contributed by atoms with Crippen molar-refractivity contribution in [1.29, 1.82) is 0 Å². The number of hydrogen-bond acceptors (Lipinski definition) is 6. The number of hydrogen-bond donors (Lipinski definition) is 2. The molecule has 1 unspecified atom stereocenters. The zero-order chi connectivity index (χ0) is 16.1. The Hall–Kier alpha value is -2.12. The number of aromatic nitrogens is 1. The van der Waals surface area contributed by atoms with Crippen LogP contribution in [-0.4, -0.2) is 25.1 Å². The Morgan fingerprint density at radius 3 is 2.68 bits per heavy atom. The quantitative estimate of drug-likeness (QED) is 0.851. The second kappa shape index (κ2) is 7.24. The average Bonchev–Trinajstić information content (AvgIpc) is 3.02. The van der Waals surface area contributed by atoms with Crippen LogP contribution in [0.4, 0.5) is 0 Å². The van der Waals surface area contributed by atoms with Gasteiger partial charge in [-0.05, 0) is 24.6 Å². The number of nitrogens with two attached hydrogens (primary N) is 1. The van der Waals surface area contributed by atoms with Gasteiger partial charge >= 0.3 is 0 Å². The van der Waals surface area contributed by atoms with Crippen molar-refractivity contribution in [3.05, 3.63) is 39.8 Å². The monoisotopic (exact) mass is 321 g/mol. The topological polar surface area (TPSA) is 86.5 Å². The molecule has 0 aliphatic rings. The summed E-state index contributed by atoms with van der Waals surface area (Å²) in [6, 6.07) is 5.33. The molecule has 0 radical (unpaired) electrons. The van der Waals surface area contributed by atoms with E-state index in [0.717, 1.165) is 10.6 Å². The van der Waals surface area contributed by atoms with E-state index in [1.165, 1.54) is 11.3 Å². The molecular formula is C15H19N3O3S. The molecule has 118 valence electrons. The molecule has 1 aromatic heterocycles. The third-order valence-corrected chi connectivity index (χ3v) is 4.09. The molecule has 1 heterocycles. The zero-order valence-electron chi connectivity index (χ0n) is 12.8. The molecule has 1 amide bonds. The van der Waals surface area contributed by atoms with Crippen LogP contribution in [-0.2, 0) is 6.54 Å². The van der Waals surface area contributed by atoms with E-state index in [-0.39, 0.29) is 11.9 Å². The molecule has 0 fully saturated rings. The third kappa shape index (κ3) is 3.75. The summed E-state index contributed by atoms with van der Waals surface area (Å²) in [7, 11) is 3.16. The summed E-state index contributed by atoms with van der Waals surface area (Å²) in [5.74, 6) is 1.05. The SMILES string of the molecule is COc1ccc(CNC(=O)c2csc(C(C)N)n2)cc1OC. The molecule has 3 N–H and O–H groups in total. The van der Waals surface area contributed by atoms with Gasteiger partial charge in [-0.3, -0.25) is 4.79 Å². The van der Waals surface area contributed by atoms with Crippen molar-refractivity contribution in [1.82, 2.24) is 10.3 Å². The van der Waals surface area contributed by atoms with Crippen LogP contribution >= 0.6 is 11.3 Å². The van der Waals surface area contributed by atoms with E-state index in [0.29, 0.717) is 23.7 Å². The van der Waals surface area contributed by atoms with E-state index in [1.54, 1.807) is 25.7 Å². The smallest absolute Gasteiger partial charge is 0.271 e. The maximum atomic E-state index is 12.1. The Balaban J connectivity index is 2.01. The second-order valence-corrected chi connectivity index (χ2v) is 5.62. The van der Waals surface area contributed by atoms with Crippen LogP contribution in [0.25, 0.3) is 0 Å². The van der Waals surface area contributed by atoms with Crippen molar-refractivity contribution in [3.63, 3.8) is 0 Å². The van der Waals surface area contributed by atoms with Crippen LogP contribution in [0.15, 0.2) is 23.6 Å². The Kier molecular flexibility index (Phi) is 5.35. The van der Waals surface area contributed by atoms with Crippen molar-refractivity contribution >= 4 is 17.2 Å². The Bertz CT molecular complexity index is 655. The van der Waals surface area contributed by atoms with E-state index < -0.39 is 0 Å². The largest absolute Gasteiger partial charge is 0.493 e. The summed E-state index contributed by atoms with van der Waals surface area (Å²) in [5.41, 5.74) is 7.04. The predicted octanol–water partition coefficient (Wildman–Crippen LogP) is 2.11. The highest BCUT2D eigenvalue weighted by molar-refractivity contribution is 7.09. The highest BCUT2D eigenvalue weighted by atomic mass is 32.1. The summed E-state index contributed by atoms with van der Waals surface area (Å²) in [4.78, 5) is 16.3. The number of thiazole rings is 1. The van der Waals surface area contributed by atoms with Crippen LogP contribution in [0.3, 0.4) is 0 Å². The number of rotatable bonds is 6. The molecule has 7 heteroatoms. The van der Waals surface area contributed by atoms with Gasteiger partial charge in [0.25, 0.3) is 5.91 Å². The molecule has 0 saturated carbocycles. The molecule has 0 saturated heterocycles. The second-order valence-electron chi connectivity index (χ2n) is 4.73. The minimum atomic E-state index is -0.224. The predicted molar refractivity (Wildman–Crippen MR) is 85.4 cm³/mol. The number of carbonyl (C=O) groups is 1.